The fourth-order valence-corrected chi connectivity index (χ4v) is 3.50. The van der Waals surface area contributed by atoms with Gasteiger partial charge in [0.2, 0.25) is 11.1 Å². The Hall–Kier alpha value is -1.60. The SMILES string of the molecule is CCCSc1nnc(N(C)c2nc3ccccc3[nH]2)s1. The van der Waals surface area contributed by atoms with Crippen LogP contribution in [0.25, 0.3) is 11.0 Å². The van der Waals surface area contributed by atoms with E-state index in [1.165, 1.54) is 0 Å². The van der Waals surface area contributed by atoms with Crippen molar-refractivity contribution in [2.45, 2.75) is 17.7 Å². The number of hydrogen-bond acceptors (Lipinski definition) is 6. The van der Waals surface area contributed by atoms with Gasteiger partial charge in [0.05, 0.1) is 11.0 Å². The molecule has 0 saturated carbocycles. The molecule has 0 fully saturated rings. The molecular formula is C13H15N5S2. The predicted octanol–water partition coefficient (Wildman–Crippen LogP) is 3.68. The Morgan fingerprint density at radius 3 is 2.95 bits per heavy atom. The van der Waals surface area contributed by atoms with Crippen LogP contribution in [0, 0.1) is 0 Å². The highest BCUT2D eigenvalue weighted by molar-refractivity contribution is 8.01. The van der Waals surface area contributed by atoms with Gasteiger partial charge in [0.25, 0.3) is 0 Å². The fourth-order valence-electron chi connectivity index (χ4n) is 1.77. The second-order valence-corrected chi connectivity index (χ2v) is 6.63. The molecule has 20 heavy (non-hydrogen) atoms. The third-order valence-electron chi connectivity index (χ3n) is 2.81. The van der Waals surface area contributed by atoms with E-state index in [4.69, 9.17) is 0 Å². The van der Waals surface area contributed by atoms with Crippen molar-refractivity contribution in [2.24, 2.45) is 0 Å². The molecule has 2 aromatic heterocycles. The third kappa shape index (κ3) is 2.64. The Labute approximate surface area is 125 Å². The molecule has 5 nitrogen and oxygen atoms in total. The zero-order valence-electron chi connectivity index (χ0n) is 11.3. The molecule has 1 aromatic carbocycles. The van der Waals surface area contributed by atoms with Crippen molar-refractivity contribution in [1.82, 2.24) is 20.2 Å². The minimum absolute atomic E-state index is 0.786. The maximum atomic E-state index is 4.56. The lowest BCUT2D eigenvalue weighted by Crippen LogP contribution is -2.10. The number of H-pyrrole nitrogens is 1. The first-order valence-corrected chi connectivity index (χ1v) is 8.23. The Morgan fingerprint density at radius 1 is 1.30 bits per heavy atom. The number of aromatic amines is 1. The lowest BCUT2D eigenvalue weighted by molar-refractivity contribution is 0.973. The monoisotopic (exact) mass is 305 g/mol. The van der Waals surface area contributed by atoms with E-state index in [2.05, 4.69) is 27.1 Å². The van der Waals surface area contributed by atoms with Gasteiger partial charge < -0.3 is 4.98 Å². The minimum atomic E-state index is 0.786. The van der Waals surface area contributed by atoms with E-state index >= 15 is 0 Å². The molecule has 7 heteroatoms. The molecule has 3 aromatic rings. The standard InChI is InChI=1S/C13H15N5S2/c1-3-8-19-13-17-16-12(20-13)18(2)11-14-9-6-4-5-7-10(9)15-11/h4-7H,3,8H2,1-2H3,(H,14,15). The summed E-state index contributed by atoms with van der Waals surface area (Å²) in [5.74, 6) is 1.86. The first-order chi connectivity index (χ1) is 9.78. The van der Waals surface area contributed by atoms with E-state index in [-0.39, 0.29) is 0 Å². The number of nitrogens with one attached hydrogen (secondary N) is 1. The van der Waals surface area contributed by atoms with Crippen LogP contribution >= 0.6 is 23.1 Å². The molecule has 0 aliphatic heterocycles. The molecule has 3 rings (SSSR count). The number of para-hydroxylation sites is 2. The second-order valence-electron chi connectivity index (χ2n) is 4.34. The van der Waals surface area contributed by atoms with E-state index in [0.29, 0.717) is 0 Å². The van der Waals surface area contributed by atoms with Crippen LogP contribution in [0.3, 0.4) is 0 Å². The second kappa shape index (κ2) is 5.80. The molecule has 2 heterocycles. The number of aromatic nitrogens is 4. The number of thioether (sulfide) groups is 1. The number of fused-ring (bicyclic) bond motifs is 1. The molecule has 1 N–H and O–H groups in total. The van der Waals surface area contributed by atoms with Crippen molar-refractivity contribution >= 4 is 45.2 Å². The summed E-state index contributed by atoms with van der Waals surface area (Å²) in [5, 5.41) is 9.28. The van der Waals surface area contributed by atoms with Crippen molar-refractivity contribution in [3.05, 3.63) is 24.3 Å². The topological polar surface area (TPSA) is 57.7 Å². The summed E-state index contributed by atoms with van der Waals surface area (Å²) in [4.78, 5) is 9.79. The van der Waals surface area contributed by atoms with Crippen molar-refractivity contribution < 1.29 is 0 Å². The van der Waals surface area contributed by atoms with Gasteiger partial charge in [0, 0.05) is 12.8 Å². The van der Waals surface area contributed by atoms with Crippen molar-refractivity contribution in [3.63, 3.8) is 0 Å². The largest absolute Gasteiger partial charge is 0.324 e. The normalized spacial score (nSPS) is 11.1. The van der Waals surface area contributed by atoms with Gasteiger partial charge in [-0.15, -0.1) is 10.2 Å². The van der Waals surface area contributed by atoms with Crippen LogP contribution in [-0.4, -0.2) is 33.0 Å². The first kappa shape index (κ1) is 13.4. The van der Waals surface area contributed by atoms with Crippen LogP contribution in [0.15, 0.2) is 28.6 Å². The summed E-state index contributed by atoms with van der Waals surface area (Å²) >= 11 is 3.34. The highest BCUT2D eigenvalue weighted by Gasteiger charge is 2.14. The maximum Gasteiger partial charge on any atom is 0.215 e. The molecule has 0 bridgehead atoms. The summed E-state index contributed by atoms with van der Waals surface area (Å²) < 4.78 is 1.00. The lowest BCUT2D eigenvalue weighted by Gasteiger charge is -2.10. The summed E-state index contributed by atoms with van der Waals surface area (Å²) in [5.41, 5.74) is 1.99. The minimum Gasteiger partial charge on any atom is -0.324 e. The Kier molecular flexibility index (Phi) is 3.88. The smallest absolute Gasteiger partial charge is 0.215 e. The average Bonchev–Trinajstić information content (AvgIpc) is 3.10. The summed E-state index contributed by atoms with van der Waals surface area (Å²) in [6.45, 7) is 2.16. The Bertz CT molecular complexity index is 672. The van der Waals surface area contributed by atoms with Gasteiger partial charge >= 0.3 is 0 Å². The maximum absolute atomic E-state index is 4.56. The average molecular weight is 305 g/mol. The van der Waals surface area contributed by atoms with Crippen molar-refractivity contribution in [2.75, 3.05) is 17.7 Å². The van der Waals surface area contributed by atoms with Crippen molar-refractivity contribution in [1.29, 1.82) is 0 Å². The lowest BCUT2D eigenvalue weighted by atomic mass is 10.3. The van der Waals surface area contributed by atoms with E-state index < -0.39 is 0 Å². The molecule has 0 spiro atoms. The molecular weight excluding hydrogens is 290 g/mol. The van der Waals surface area contributed by atoms with Crippen LogP contribution in [0.2, 0.25) is 0 Å². The summed E-state index contributed by atoms with van der Waals surface area (Å²) in [6.07, 6.45) is 1.14. The summed E-state index contributed by atoms with van der Waals surface area (Å²) in [6, 6.07) is 7.99. The Balaban J connectivity index is 1.83. The number of rotatable bonds is 5. The number of anilines is 2. The molecule has 0 atom stereocenters. The molecule has 104 valence electrons. The van der Waals surface area contributed by atoms with Gasteiger partial charge in [-0.25, -0.2) is 4.98 Å². The highest BCUT2D eigenvalue weighted by atomic mass is 32.2. The number of hydrogen-bond donors (Lipinski definition) is 1. The van der Waals surface area contributed by atoms with Crippen molar-refractivity contribution in [3.8, 4) is 0 Å². The quantitative estimate of drug-likeness (QED) is 0.729. The number of benzene rings is 1. The van der Waals surface area contributed by atoms with Crippen LogP contribution < -0.4 is 4.90 Å². The first-order valence-electron chi connectivity index (χ1n) is 6.42. The zero-order valence-corrected chi connectivity index (χ0v) is 13.0. The molecule has 0 amide bonds. The molecule has 0 radical (unpaired) electrons. The fraction of sp³-hybridized carbons (Fsp3) is 0.308. The molecule has 0 unspecified atom stereocenters. The third-order valence-corrected chi connectivity index (χ3v) is 5.15. The highest BCUT2D eigenvalue weighted by Crippen LogP contribution is 2.31. The van der Waals surface area contributed by atoms with Gasteiger partial charge in [0.1, 0.15) is 0 Å². The van der Waals surface area contributed by atoms with Crippen LogP contribution in [0.5, 0.6) is 0 Å². The molecule has 0 aliphatic rings. The van der Waals surface area contributed by atoms with E-state index in [1.807, 2.05) is 36.2 Å². The molecule has 0 aliphatic carbocycles. The molecule has 0 saturated heterocycles. The van der Waals surface area contributed by atoms with Crippen LogP contribution in [0.1, 0.15) is 13.3 Å². The predicted molar refractivity (Wildman–Crippen MR) is 85.1 cm³/mol. The van der Waals surface area contributed by atoms with Gasteiger partial charge in [-0.1, -0.05) is 42.2 Å². The summed E-state index contributed by atoms with van der Waals surface area (Å²) in [7, 11) is 1.95. The van der Waals surface area contributed by atoms with Gasteiger partial charge in [-0.2, -0.15) is 0 Å². The number of imidazole rings is 1. The van der Waals surface area contributed by atoms with E-state index in [9.17, 15) is 0 Å². The number of nitrogens with zero attached hydrogens (tertiary/aromatic N) is 4. The van der Waals surface area contributed by atoms with Gasteiger partial charge in [-0.3, -0.25) is 4.90 Å². The zero-order chi connectivity index (χ0) is 13.9. The van der Waals surface area contributed by atoms with E-state index in [0.717, 1.165) is 38.6 Å². The van der Waals surface area contributed by atoms with Gasteiger partial charge in [0.15, 0.2) is 4.34 Å². The van der Waals surface area contributed by atoms with Crippen LogP contribution in [0.4, 0.5) is 11.1 Å². The van der Waals surface area contributed by atoms with E-state index in [1.54, 1.807) is 23.1 Å². The van der Waals surface area contributed by atoms with Gasteiger partial charge in [-0.05, 0) is 18.6 Å². The Morgan fingerprint density at radius 2 is 2.15 bits per heavy atom. The van der Waals surface area contributed by atoms with Crippen LogP contribution in [-0.2, 0) is 0 Å².